The summed E-state index contributed by atoms with van der Waals surface area (Å²) in [6, 6.07) is 5.78. The van der Waals surface area contributed by atoms with Crippen LogP contribution in [0.5, 0.6) is 5.75 Å². The van der Waals surface area contributed by atoms with Gasteiger partial charge in [-0.1, -0.05) is 50.3 Å². The second-order valence-corrected chi connectivity index (χ2v) is 10.4. The fourth-order valence-electron chi connectivity index (χ4n) is 4.61. The number of nitrogens with one attached hydrogen (secondary N) is 2. The first kappa shape index (κ1) is 30.3. The van der Waals surface area contributed by atoms with Crippen LogP contribution in [0.3, 0.4) is 0 Å². The molecule has 12 nitrogen and oxygen atoms in total. The van der Waals surface area contributed by atoms with E-state index in [0.717, 1.165) is 11.3 Å². The van der Waals surface area contributed by atoms with Crippen molar-refractivity contribution in [2.75, 3.05) is 20.7 Å². The molecule has 1 aromatic carbocycles. The summed E-state index contributed by atoms with van der Waals surface area (Å²) in [5.74, 6) is -2.10. The molecule has 40 heavy (non-hydrogen) atoms. The highest BCUT2D eigenvalue weighted by Gasteiger charge is 2.34. The van der Waals surface area contributed by atoms with Crippen LogP contribution in [0.4, 0.5) is 0 Å². The molecule has 0 saturated carbocycles. The molecule has 1 aromatic heterocycles. The van der Waals surface area contributed by atoms with Gasteiger partial charge in [-0.25, -0.2) is 4.68 Å². The molecule has 1 aliphatic heterocycles. The van der Waals surface area contributed by atoms with Gasteiger partial charge < -0.3 is 25.0 Å². The predicted molar refractivity (Wildman–Crippen MR) is 146 cm³/mol. The zero-order valence-corrected chi connectivity index (χ0v) is 23.8. The lowest BCUT2D eigenvalue weighted by Crippen LogP contribution is -2.55. The van der Waals surface area contributed by atoms with Crippen LogP contribution < -0.4 is 15.4 Å². The minimum absolute atomic E-state index is 0.0959. The number of amides is 3. The van der Waals surface area contributed by atoms with Crippen molar-refractivity contribution in [1.29, 1.82) is 0 Å². The molecule has 0 radical (unpaired) electrons. The Morgan fingerprint density at radius 3 is 2.45 bits per heavy atom. The van der Waals surface area contributed by atoms with Gasteiger partial charge in [-0.3, -0.25) is 19.2 Å². The molecule has 1 fully saturated rings. The molecule has 216 valence electrons. The molecule has 4 atom stereocenters. The van der Waals surface area contributed by atoms with E-state index in [1.807, 2.05) is 24.3 Å². The van der Waals surface area contributed by atoms with Crippen LogP contribution in [0.2, 0.25) is 0 Å². The number of benzene rings is 1. The van der Waals surface area contributed by atoms with Crippen molar-refractivity contribution in [1.82, 2.24) is 30.5 Å². The van der Waals surface area contributed by atoms with Gasteiger partial charge in [0.05, 0.1) is 19.9 Å². The van der Waals surface area contributed by atoms with Gasteiger partial charge in [-0.2, -0.15) is 0 Å². The SMILES string of the molecule is C=C1CC(=O)N[C@@H](C)C(=O)N(C)[C@@H](C(C)C)C(=O)NCC(=O)O[C@@H](c2cn(Cc3ccc(OC)cc3)nn2)[C@@H]1C. The molecule has 3 rings (SSSR count). The fraction of sp³-hybridized carbons (Fsp3) is 0.500. The van der Waals surface area contributed by atoms with E-state index in [2.05, 4.69) is 27.5 Å². The normalized spacial score (nSPS) is 23.7. The number of nitrogens with zero attached hydrogens (tertiary/aromatic N) is 4. The Labute approximate surface area is 234 Å². The summed E-state index contributed by atoms with van der Waals surface area (Å²) in [5.41, 5.74) is 1.81. The topological polar surface area (TPSA) is 145 Å². The quantitative estimate of drug-likeness (QED) is 0.419. The fourth-order valence-corrected chi connectivity index (χ4v) is 4.61. The standard InChI is InChI=1S/C28H38N6O6/c1-16(2)25-27(37)29-13-24(36)40-26(18(4)17(3)12-23(35)30-19(5)28(38)33(25)6)22-15-34(32-31-22)14-20-8-10-21(39-7)11-9-20/h8-11,15-16,18-19,25-26H,3,12-14H2,1-2,4-7H3,(H,29,37)(H,30,35)/t18-,19+,25+,26-/m1/s1. The largest absolute Gasteiger partial charge is 0.497 e. The van der Waals surface area contributed by atoms with Gasteiger partial charge in [-0.15, -0.1) is 5.10 Å². The lowest BCUT2D eigenvalue weighted by Gasteiger charge is -2.32. The molecule has 12 heteroatoms. The van der Waals surface area contributed by atoms with E-state index in [-0.39, 0.29) is 12.3 Å². The Bertz CT molecular complexity index is 1240. The molecule has 3 amide bonds. The Hall–Kier alpha value is -4.22. The molecule has 1 aliphatic rings. The third-order valence-electron chi connectivity index (χ3n) is 6.92. The number of likely N-dealkylation sites (N-methyl/N-ethyl adjacent to an activating group) is 1. The van der Waals surface area contributed by atoms with Gasteiger partial charge in [0.15, 0.2) is 6.10 Å². The van der Waals surface area contributed by atoms with Gasteiger partial charge in [0.25, 0.3) is 0 Å². The van der Waals surface area contributed by atoms with Gasteiger partial charge in [-0.05, 0) is 30.5 Å². The molecular weight excluding hydrogens is 516 g/mol. The molecule has 0 unspecified atom stereocenters. The lowest BCUT2D eigenvalue weighted by molar-refractivity contribution is -0.152. The first-order chi connectivity index (χ1) is 18.9. The summed E-state index contributed by atoms with van der Waals surface area (Å²) < 4.78 is 12.6. The van der Waals surface area contributed by atoms with Crippen LogP contribution in [-0.4, -0.2) is 76.4 Å². The molecular formula is C28H38N6O6. The molecule has 2 heterocycles. The third kappa shape index (κ3) is 7.45. The zero-order chi connectivity index (χ0) is 29.6. The third-order valence-corrected chi connectivity index (χ3v) is 6.92. The minimum atomic E-state index is -0.915. The van der Waals surface area contributed by atoms with Crippen LogP contribution in [0.1, 0.15) is 51.5 Å². The van der Waals surface area contributed by atoms with Crippen molar-refractivity contribution in [3.05, 3.63) is 53.9 Å². The van der Waals surface area contributed by atoms with Crippen molar-refractivity contribution in [3.8, 4) is 5.75 Å². The number of cyclic esters (lactones) is 1. The first-order valence-corrected chi connectivity index (χ1v) is 13.1. The summed E-state index contributed by atoms with van der Waals surface area (Å²) in [7, 11) is 3.09. The predicted octanol–water partition coefficient (Wildman–Crippen LogP) is 1.62. The highest BCUT2D eigenvalue weighted by Crippen LogP contribution is 2.31. The second kappa shape index (κ2) is 13.2. The number of esters is 1. The van der Waals surface area contributed by atoms with E-state index in [1.165, 1.54) is 11.9 Å². The maximum Gasteiger partial charge on any atom is 0.326 e. The lowest BCUT2D eigenvalue weighted by atomic mass is 9.92. The number of aromatic nitrogens is 3. The van der Waals surface area contributed by atoms with Crippen LogP contribution >= 0.6 is 0 Å². The summed E-state index contributed by atoms with van der Waals surface area (Å²) in [6.45, 7) is 11.0. The van der Waals surface area contributed by atoms with Crippen LogP contribution in [-0.2, 0) is 30.5 Å². The van der Waals surface area contributed by atoms with Crippen molar-refractivity contribution >= 4 is 23.7 Å². The maximum absolute atomic E-state index is 13.0. The minimum Gasteiger partial charge on any atom is -0.497 e. The molecule has 2 N–H and O–H groups in total. The van der Waals surface area contributed by atoms with Crippen molar-refractivity contribution in [2.24, 2.45) is 11.8 Å². The van der Waals surface area contributed by atoms with E-state index in [1.54, 1.807) is 45.7 Å². The van der Waals surface area contributed by atoms with Gasteiger partial charge in [0, 0.05) is 19.4 Å². The summed E-state index contributed by atoms with van der Waals surface area (Å²) >= 11 is 0. The molecule has 2 aromatic rings. The number of hydrogen-bond acceptors (Lipinski definition) is 8. The van der Waals surface area contributed by atoms with E-state index in [0.29, 0.717) is 17.8 Å². The average molecular weight is 555 g/mol. The number of ether oxygens (including phenoxy) is 2. The summed E-state index contributed by atoms with van der Waals surface area (Å²) in [4.78, 5) is 53.0. The highest BCUT2D eigenvalue weighted by atomic mass is 16.5. The van der Waals surface area contributed by atoms with Gasteiger partial charge in [0.1, 0.15) is 30.1 Å². The monoisotopic (exact) mass is 554 g/mol. The summed E-state index contributed by atoms with van der Waals surface area (Å²) in [6.07, 6.45) is 0.659. The first-order valence-electron chi connectivity index (χ1n) is 13.1. The van der Waals surface area contributed by atoms with E-state index in [4.69, 9.17) is 9.47 Å². The highest BCUT2D eigenvalue weighted by molar-refractivity contribution is 5.93. The Kier molecular flexibility index (Phi) is 10.0. The summed E-state index contributed by atoms with van der Waals surface area (Å²) in [5, 5.41) is 13.7. The number of methoxy groups -OCH3 is 1. The van der Waals surface area contributed by atoms with Crippen molar-refractivity contribution < 1.29 is 28.7 Å². The average Bonchev–Trinajstić information content (AvgIpc) is 3.37. The molecule has 1 saturated heterocycles. The van der Waals surface area contributed by atoms with E-state index in [9.17, 15) is 19.2 Å². The van der Waals surface area contributed by atoms with Crippen LogP contribution in [0, 0.1) is 11.8 Å². The number of carbonyl (C=O) groups is 4. The maximum atomic E-state index is 13.0. The molecule has 0 bridgehead atoms. The van der Waals surface area contributed by atoms with E-state index >= 15 is 0 Å². The Morgan fingerprint density at radius 2 is 1.82 bits per heavy atom. The zero-order valence-electron chi connectivity index (χ0n) is 23.8. The number of carbonyl (C=O) groups excluding carboxylic acids is 4. The van der Waals surface area contributed by atoms with Crippen molar-refractivity contribution in [3.63, 3.8) is 0 Å². The van der Waals surface area contributed by atoms with Crippen LogP contribution in [0.25, 0.3) is 0 Å². The molecule has 0 spiro atoms. The smallest absolute Gasteiger partial charge is 0.326 e. The van der Waals surface area contributed by atoms with Crippen molar-refractivity contribution in [2.45, 2.75) is 58.8 Å². The van der Waals surface area contributed by atoms with Gasteiger partial charge in [0.2, 0.25) is 17.7 Å². The number of rotatable bonds is 5. The Morgan fingerprint density at radius 1 is 1.15 bits per heavy atom. The van der Waals surface area contributed by atoms with E-state index < -0.39 is 54.3 Å². The molecule has 0 aliphatic carbocycles. The Balaban J connectivity index is 1.87. The number of hydrogen-bond donors (Lipinski definition) is 2. The van der Waals surface area contributed by atoms with Crippen LogP contribution in [0.15, 0.2) is 42.6 Å². The van der Waals surface area contributed by atoms with Gasteiger partial charge >= 0.3 is 5.97 Å². The second-order valence-electron chi connectivity index (χ2n) is 10.4.